The highest BCUT2D eigenvalue weighted by molar-refractivity contribution is 5.47. The lowest BCUT2D eigenvalue weighted by atomic mass is 9.86. The van der Waals surface area contributed by atoms with Crippen LogP contribution in [0.4, 0.5) is 0 Å². The minimum Gasteiger partial charge on any atom is -0.326 e. The highest BCUT2D eigenvalue weighted by Crippen LogP contribution is 2.27. The van der Waals surface area contributed by atoms with Crippen LogP contribution < -0.4 is 11.5 Å². The van der Waals surface area contributed by atoms with E-state index in [4.69, 9.17) is 11.5 Å². The molecule has 2 nitrogen and oxygen atoms in total. The maximum absolute atomic E-state index is 5.93. The maximum atomic E-state index is 5.93. The summed E-state index contributed by atoms with van der Waals surface area (Å²) in [5.74, 6) is 0. The molecule has 0 saturated heterocycles. The lowest BCUT2D eigenvalue weighted by Crippen LogP contribution is -2.13. The Morgan fingerprint density at radius 1 is 0.778 bits per heavy atom. The average molecular weight is 238 g/mol. The molecule has 0 fully saturated rings. The van der Waals surface area contributed by atoms with Gasteiger partial charge in [-0.25, -0.2) is 0 Å². The minimum atomic E-state index is 0.567. The summed E-state index contributed by atoms with van der Waals surface area (Å²) in [4.78, 5) is 0. The molecule has 2 aromatic rings. The summed E-state index contributed by atoms with van der Waals surface area (Å²) in [6.07, 6.45) is 1.96. The van der Waals surface area contributed by atoms with Crippen molar-refractivity contribution < 1.29 is 0 Å². The molecule has 18 heavy (non-hydrogen) atoms. The summed E-state index contributed by atoms with van der Waals surface area (Å²) in [5.41, 5.74) is 19.7. The number of hydrogen-bond donors (Lipinski definition) is 2. The third kappa shape index (κ3) is 1.84. The molecule has 0 spiro atoms. The van der Waals surface area contributed by atoms with Crippen molar-refractivity contribution in [1.82, 2.24) is 0 Å². The standard InChI is InChI=1S/C16H18N2/c17-9-14-6-5-13-7-11-1-3-12(4-2-11)8-15(13)16(14)10-18/h1-6H,7-10,17-18H2. The molecule has 2 bridgehead atoms. The quantitative estimate of drug-likeness (QED) is 0.718. The van der Waals surface area contributed by atoms with Crippen molar-refractivity contribution in [3.05, 3.63) is 69.8 Å². The van der Waals surface area contributed by atoms with Gasteiger partial charge in [0.25, 0.3) is 0 Å². The van der Waals surface area contributed by atoms with E-state index in [2.05, 4.69) is 36.4 Å². The van der Waals surface area contributed by atoms with Crippen molar-refractivity contribution in [2.75, 3.05) is 0 Å². The molecule has 4 N–H and O–H groups in total. The van der Waals surface area contributed by atoms with Gasteiger partial charge in [0.15, 0.2) is 0 Å². The molecule has 2 aliphatic carbocycles. The zero-order valence-electron chi connectivity index (χ0n) is 10.4. The Balaban J connectivity index is 2.18. The van der Waals surface area contributed by atoms with E-state index in [1.807, 2.05) is 0 Å². The molecule has 2 aromatic carbocycles. The molecule has 0 amide bonds. The van der Waals surface area contributed by atoms with Crippen LogP contribution in [0.25, 0.3) is 0 Å². The SMILES string of the molecule is NCc1ccc2c(c1CN)Cc1ccc(cc1)C2. The van der Waals surface area contributed by atoms with Crippen LogP contribution in [-0.4, -0.2) is 0 Å². The molecule has 0 aromatic heterocycles. The molecule has 92 valence electrons. The molecule has 2 aliphatic rings. The molecular weight excluding hydrogens is 220 g/mol. The Labute approximate surface area is 108 Å². The zero-order valence-corrected chi connectivity index (χ0v) is 10.4. The first-order valence-corrected chi connectivity index (χ1v) is 6.42. The molecule has 0 aliphatic heterocycles. The lowest BCUT2D eigenvalue weighted by Gasteiger charge is -2.20. The number of nitrogens with two attached hydrogens (primary N) is 2. The first kappa shape index (κ1) is 11.5. The van der Waals surface area contributed by atoms with Gasteiger partial charge in [-0.1, -0.05) is 36.4 Å². The summed E-state index contributed by atoms with van der Waals surface area (Å²) in [7, 11) is 0. The zero-order chi connectivity index (χ0) is 12.5. The van der Waals surface area contributed by atoms with E-state index in [9.17, 15) is 0 Å². The Bertz CT molecular complexity index is 570. The number of rotatable bonds is 2. The van der Waals surface area contributed by atoms with Gasteiger partial charge in [-0.15, -0.1) is 0 Å². The summed E-state index contributed by atoms with van der Waals surface area (Å²) in [6, 6.07) is 13.2. The predicted octanol–water partition coefficient (Wildman–Crippen LogP) is 2.10. The van der Waals surface area contributed by atoms with E-state index in [1.54, 1.807) is 0 Å². The lowest BCUT2D eigenvalue weighted by molar-refractivity contribution is 0.926. The van der Waals surface area contributed by atoms with Gasteiger partial charge in [0, 0.05) is 13.1 Å². The molecule has 0 saturated carbocycles. The van der Waals surface area contributed by atoms with Gasteiger partial charge in [-0.3, -0.25) is 0 Å². The summed E-state index contributed by atoms with van der Waals surface area (Å²) in [5, 5.41) is 0. The monoisotopic (exact) mass is 238 g/mol. The Hall–Kier alpha value is -1.64. The predicted molar refractivity (Wildman–Crippen MR) is 74.3 cm³/mol. The fraction of sp³-hybridized carbons (Fsp3) is 0.250. The molecule has 0 radical (unpaired) electrons. The van der Waals surface area contributed by atoms with Crippen molar-refractivity contribution in [3.8, 4) is 0 Å². The van der Waals surface area contributed by atoms with E-state index in [0.717, 1.165) is 12.8 Å². The van der Waals surface area contributed by atoms with Crippen molar-refractivity contribution in [2.24, 2.45) is 11.5 Å². The Morgan fingerprint density at radius 3 is 2.06 bits per heavy atom. The van der Waals surface area contributed by atoms with Crippen LogP contribution in [0.15, 0.2) is 36.4 Å². The van der Waals surface area contributed by atoms with Gasteiger partial charge in [0.2, 0.25) is 0 Å². The van der Waals surface area contributed by atoms with Gasteiger partial charge in [0.05, 0.1) is 0 Å². The maximum Gasteiger partial charge on any atom is 0.0184 e. The van der Waals surface area contributed by atoms with Crippen molar-refractivity contribution in [2.45, 2.75) is 25.9 Å². The van der Waals surface area contributed by atoms with E-state index < -0.39 is 0 Å². The third-order valence-corrected chi connectivity index (χ3v) is 3.85. The molecule has 0 unspecified atom stereocenters. The summed E-state index contributed by atoms with van der Waals surface area (Å²) in [6.45, 7) is 1.14. The van der Waals surface area contributed by atoms with Crippen LogP contribution in [0.2, 0.25) is 0 Å². The van der Waals surface area contributed by atoms with E-state index in [1.165, 1.54) is 33.4 Å². The average Bonchev–Trinajstić information content (AvgIpc) is 2.38. The van der Waals surface area contributed by atoms with Gasteiger partial charge >= 0.3 is 0 Å². The fourth-order valence-electron chi connectivity index (χ4n) is 2.82. The molecule has 4 rings (SSSR count). The van der Waals surface area contributed by atoms with Crippen LogP contribution in [0.1, 0.15) is 33.4 Å². The van der Waals surface area contributed by atoms with Crippen molar-refractivity contribution >= 4 is 0 Å². The van der Waals surface area contributed by atoms with E-state index in [0.29, 0.717) is 13.1 Å². The number of hydrogen-bond acceptors (Lipinski definition) is 2. The first-order valence-electron chi connectivity index (χ1n) is 6.42. The van der Waals surface area contributed by atoms with Gasteiger partial charge in [0.1, 0.15) is 0 Å². The molecule has 2 heteroatoms. The summed E-state index contributed by atoms with van der Waals surface area (Å²) < 4.78 is 0. The van der Waals surface area contributed by atoms with Crippen molar-refractivity contribution in [1.29, 1.82) is 0 Å². The van der Waals surface area contributed by atoms with Crippen LogP contribution >= 0.6 is 0 Å². The van der Waals surface area contributed by atoms with Crippen LogP contribution in [0.5, 0.6) is 0 Å². The van der Waals surface area contributed by atoms with Crippen LogP contribution in [0.3, 0.4) is 0 Å². The second-order valence-electron chi connectivity index (χ2n) is 4.92. The largest absolute Gasteiger partial charge is 0.326 e. The molecule has 0 heterocycles. The fourth-order valence-corrected chi connectivity index (χ4v) is 2.82. The second kappa shape index (κ2) is 4.56. The van der Waals surface area contributed by atoms with Crippen LogP contribution in [-0.2, 0) is 25.9 Å². The second-order valence-corrected chi connectivity index (χ2v) is 4.92. The smallest absolute Gasteiger partial charge is 0.0184 e. The Morgan fingerprint density at radius 2 is 1.44 bits per heavy atom. The van der Waals surface area contributed by atoms with Crippen LogP contribution in [0, 0.1) is 0 Å². The minimum absolute atomic E-state index is 0.567. The van der Waals surface area contributed by atoms with Gasteiger partial charge in [-0.05, 0) is 46.2 Å². The van der Waals surface area contributed by atoms with E-state index in [-0.39, 0.29) is 0 Å². The van der Waals surface area contributed by atoms with Gasteiger partial charge in [-0.2, -0.15) is 0 Å². The highest BCUT2D eigenvalue weighted by atomic mass is 14.6. The molecular formula is C16H18N2. The third-order valence-electron chi connectivity index (χ3n) is 3.85. The summed E-state index contributed by atoms with van der Waals surface area (Å²) >= 11 is 0. The Kier molecular flexibility index (Phi) is 2.90. The number of benzene rings is 2. The van der Waals surface area contributed by atoms with Gasteiger partial charge < -0.3 is 11.5 Å². The normalized spacial score (nSPS) is 13.0. The molecule has 0 atom stereocenters. The highest BCUT2D eigenvalue weighted by Gasteiger charge is 2.15. The van der Waals surface area contributed by atoms with E-state index >= 15 is 0 Å². The topological polar surface area (TPSA) is 52.0 Å². The first-order chi connectivity index (χ1) is 8.81. The number of fused-ring (bicyclic) bond motifs is 2. The van der Waals surface area contributed by atoms with Crippen molar-refractivity contribution in [3.63, 3.8) is 0 Å².